The van der Waals surface area contributed by atoms with Crippen LogP contribution < -0.4 is 0 Å². The number of phenols is 2. The summed E-state index contributed by atoms with van der Waals surface area (Å²) < 4.78 is 4.25. The van der Waals surface area contributed by atoms with E-state index in [1.807, 2.05) is 42.5 Å². The van der Waals surface area contributed by atoms with Crippen molar-refractivity contribution < 1.29 is 14.9 Å². The lowest BCUT2D eigenvalue weighted by atomic mass is 10.1. The van der Waals surface area contributed by atoms with Gasteiger partial charge in [-0.25, -0.2) is 0 Å². The van der Waals surface area contributed by atoms with Gasteiger partial charge in [0, 0.05) is 20.3 Å². The van der Waals surface area contributed by atoms with E-state index in [1.54, 1.807) is 26.4 Å². The first-order valence-electron chi connectivity index (χ1n) is 5.82. The van der Waals surface area contributed by atoms with Crippen molar-refractivity contribution in [3.63, 3.8) is 0 Å². The molecule has 0 aliphatic heterocycles. The van der Waals surface area contributed by atoms with Crippen molar-refractivity contribution in [2.24, 2.45) is 0 Å². The highest BCUT2D eigenvalue weighted by Crippen LogP contribution is 2.21. The minimum atomic E-state index is 0.0627. The van der Waals surface area contributed by atoms with Crippen LogP contribution in [0, 0.1) is 0 Å². The van der Waals surface area contributed by atoms with Crippen LogP contribution in [0.5, 0.6) is 11.5 Å². The van der Waals surface area contributed by atoms with Gasteiger partial charge in [0.15, 0.2) is 0 Å². The fourth-order valence-electron chi connectivity index (χ4n) is 1.47. The summed E-state index contributed by atoms with van der Waals surface area (Å²) in [7, 11) is 3.25. The summed E-state index contributed by atoms with van der Waals surface area (Å²) >= 11 is 0. The molecule has 0 aliphatic rings. The zero-order chi connectivity index (χ0) is 14.1. The quantitative estimate of drug-likeness (QED) is 0.810. The molecule has 0 atom stereocenters. The third-order valence-electron chi connectivity index (χ3n) is 2.19. The molecular weight excluding hydrogens is 240 g/mol. The maximum Gasteiger partial charge on any atom is 0.119 e. The van der Waals surface area contributed by atoms with Gasteiger partial charge >= 0.3 is 0 Å². The molecule has 3 heteroatoms. The summed E-state index contributed by atoms with van der Waals surface area (Å²) in [5.74, 6) is 0.125. The highest BCUT2D eigenvalue weighted by atomic mass is 16.4. The van der Waals surface area contributed by atoms with Gasteiger partial charge in [0.1, 0.15) is 11.5 Å². The van der Waals surface area contributed by atoms with Gasteiger partial charge in [-0.3, -0.25) is 0 Å². The van der Waals surface area contributed by atoms with Gasteiger partial charge in [-0.2, -0.15) is 0 Å². The molecule has 0 unspecified atom stereocenters. The van der Waals surface area contributed by atoms with Crippen molar-refractivity contribution in [3.05, 3.63) is 59.7 Å². The Bertz CT molecular complexity index is 499. The van der Waals surface area contributed by atoms with Crippen molar-refractivity contribution >= 4 is 12.2 Å². The molecule has 0 aliphatic carbocycles. The van der Waals surface area contributed by atoms with Crippen LogP contribution in [0.25, 0.3) is 12.2 Å². The average molecular weight is 258 g/mol. The average Bonchev–Trinajstić information content (AvgIpc) is 2.37. The minimum absolute atomic E-state index is 0.0627. The molecule has 2 aromatic rings. The van der Waals surface area contributed by atoms with Crippen LogP contribution >= 0.6 is 0 Å². The normalized spacial score (nSPS) is 10.0. The molecule has 3 nitrogen and oxygen atoms in total. The molecule has 0 saturated heterocycles. The monoisotopic (exact) mass is 258 g/mol. The van der Waals surface area contributed by atoms with E-state index in [-0.39, 0.29) is 11.5 Å². The SMILES string of the molecule is COC.Oc1cc(O)cc(C=Cc2ccccc2)c1. The second-order valence-electron chi connectivity index (χ2n) is 3.94. The summed E-state index contributed by atoms with van der Waals surface area (Å²) in [6.45, 7) is 0. The Hall–Kier alpha value is -2.26. The molecule has 0 heterocycles. The molecule has 19 heavy (non-hydrogen) atoms. The van der Waals surface area contributed by atoms with Gasteiger partial charge in [0.2, 0.25) is 0 Å². The van der Waals surface area contributed by atoms with E-state index < -0.39 is 0 Å². The Balaban J connectivity index is 0.000000550. The molecule has 0 radical (unpaired) electrons. The van der Waals surface area contributed by atoms with E-state index in [1.165, 1.54) is 6.07 Å². The maximum absolute atomic E-state index is 9.30. The fraction of sp³-hybridized carbons (Fsp3) is 0.125. The summed E-state index contributed by atoms with van der Waals surface area (Å²) in [4.78, 5) is 0. The zero-order valence-corrected chi connectivity index (χ0v) is 11.1. The smallest absolute Gasteiger partial charge is 0.119 e. The number of methoxy groups -OCH3 is 1. The Morgan fingerprint density at radius 3 is 1.79 bits per heavy atom. The molecular formula is C16H18O3. The highest BCUT2D eigenvalue weighted by molar-refractivity contribution is 5.70. The molecule has 0 bridgehead atoms. The largest absolute Gasteiger partial charge is 0.508 e. The van der Waals surface area contributed by atoms with Crippen molar-refractivity contribution in [2.45, 2.75) is 0 Å². The molecule has 100 valence electrons. The molecule has 0 aromatic heterocycles. The summed E-state index contributed by atoms with van der Waals surface area (Å²) in [5, 5.41) is 18.6. The van der Waals surface area contributed by atoms with Crippen molar-refractivity contribution in [1.29, 1.82) is 0 Å². The van der Waals surface area contributed by atoms with Crippen LogP contribution in [0.1, 0.15) is 11.1 Å². The molecule has 0 amide bonds. The molecule has 2 rings (SSSR count). The van der Waals surface area contributed by atoms with E-state index in [0.29, 0.717) is 0 Å². The van der Waals surface area contributed by atoms with E-state index in [0.717, 1.165) is 11.1 Å². The lowest BCUT2D eigenvalue weighted by Crippen LogP contribution is -1.74. The molecule has 2 N–H and O–H groups in total. The number of phenolic OH excluding ortho intramolecular Hbond substituents is 2. The maximum atomic E-state index is 9.30. The predicted molar refractivity (Wildman–Crippen MR) is 78.1 cm³/mol. The van der Waals surface area contributed by atoms with Crippen molar-refractivity contribution in [2.75, 3.05) is 14.2 Å². The summed E-state index contributed by atoms with van der Waals surface area (Å²) in [6.07, 6.45) is 3.77. The van der Waals surface area contributed by atoms with Gasteiger partial charge in [0.05, 0.1) is 0 Å². The number of ether oxygens (including phenoxy) is 1. The Labute approximate surface area is 113 Å². The number of benzene rings is 2. The Morgan fingerprint density at radius 2 is 1.26 bits per heavy atom. The first-order chi connectivity index (χ1) is 9.15. The van der Waals surface area contributed by atoms with Crippen LogP contribution in [0.3, 0.4) is 0 Å². The molecule has 0 saturated carbocycles. The van der Waals surface area contributed by atoms with Crippen LogP contribution in [0.15, 0.2) is 48.5 Å². The Kier molecular flexibility index (Phi) is 6.19. The third-order valence-corrected chi connectivity index (χ3v) is 2.19. The second-order valence-corrected chi connectivity index (χ2v) is 3.94. The van der Waals surface area contributed by atoms with Gasteiger partial charge in [-0.15, -0.1) is 0 Å². The van der Waals surface area contributed by atoms with Gasteiger partial charge < -0.3 is 14.9 Å². The predicted octanol–water partition coefficient (Wildman–Crippen LogP) is 3.53. The van der Waals surface area contributed by atoms with Crippen LogP contribution in [-0.4, -0.2) is 24.4 Å². The number of rotatable bonds is 2. The van der Waals surface area contributed by atoms with E-state index in [2.05, 4.69) is 4.74 Å². The fourth-order valence-corrected chi connectivity index (χ4v) is 1.47. The first-order valence-corrected chi connectivity index (χ1v) is 5.82. The third kappa shape index (κ3) is 5.75. The van der Waals surface area contributed by atoms with Gasteiger partial charge in [-0.1, -0.05) is 42.5 Å². The Morgan fingerprint density at radius 1 is 0.789 bits per heavy atom. The summed E-state index contributed by atoms with van der Waals surface area (Å²) in [5.41, 5.74) is 1.84. The topological polar surface area (TPSA) is 49.7 Å². The zero-order valence-electron chi connectivity index (χ0n) is 11.1. The summed E-state index contributed by atoms with van der Waals surface area (Å²) in [6, 6.07) is 14.3. The van der Waals surface area contributed by atoms with Crippen LogP contribution in [0.2, 0.25) is 0 Å². The van der Waals surface area contributed by atoms with Crippen molar-refractivity contribution in [1.82, 2.24) is 0 Å². The number of hydrogen-bond acceptors (Lipinski definition) is 3. The molecule has 2 aromatic carbocycles. The molecule has 0 fully saturated rings. The number of aromatic hydroxyl groups is 2. The van der Waals surface area contributed by atoms with E-state index in [9.17, 15) is 10.2 Å². The first kappa shape index (κ1) is 14.8. The molecule has 0 spiro atoms. The van der Waals surface area contributed by atoms with Crippen molar-refractivity contribution in [3.8, 4) is 11.5 Å². The lowest BCUT2D eigenvalue weighted by Gasteiger charge is -1.98. The lowest BCUT2D eigenvalue weighted by molar-refractivity contribution is 0.277. The van der Waals surface area contributed by atoms with Gasteiger partial charge in [-0.05, 0) is 23.3 Å². The van der Waals surface area contributed by atoms with E-state index >= 15 is 0 Å². The van der Waals surface area contributed by atoms with E-state index in [4.69, 9.17) is 0 Å². The van der Waals surface area contributed by atoms with Crippen LogP contribution in [0.4, 0.5) is 0 Å². The highest BCUT2D eigenvalue weighted by Gasteiger charge is 1.95. The minimum Gasteiger partial charge on any atom is -0.508 e. The standard InChI is InChI=1S/C14H12O2.C2H6O/c15-13-8-12(9-14(16)10-13)7-6-11-4-2-1-3-5-11;1-3-2/h1-10,15-16H;1-2H3. The second kappa shape index (κ2) is 7.95. The van der Waals surface area contributed by atoms with Crippen LogP contribution in [-0.2, 0) is 4.74 Å². The number of hydrogen-bond donors (Lipinski definition) is 2. The van der Waals surface area contributed by atoms with Gasteiger partial charge in [0.25, 0.3) is 0 Å².